The summed E-state index contributed by atoms with van der Waals surface area (Å²) in [5, 5.41) is 9.25. The third-order valence-electron chi connectivity index (χ3n) is 5.75. The predicted molar refractivity (Wildman–Crippen MR) is 150 cm³/mol. The Morgan fingerprint density at radius 2 is 1.37 bits per heavy atom. The molecule has 8 heteroatoms. The monoisotopic (exact) mass is 501 g/mol. The van der Waals surface area contributed by atoms with E-state index < -0.39 is 0 Å². The van der Waals surface area contributed by atoms with Crippen molar-refractivity contribution in [2.24, 2.45) is 0 Å². The summed E-state index contributed by atoms with van der Waals surface area (Å²) in [4.78, 5) is 30.5. The number of aryl methyl sites for hydroxylation is 1. The maximum Gasteiger partial charge on any atom is 0.255 e. The zero-order chi connectivity index (χ0) is 26.2. The van der Waals surface area contributed by atoms with Gasteiger partial charge in [-0.15, -0.1) is 0 Å². The number of carbonyl (C=O) groups is 1. The van der Waals surface area contributed by atoms with Gasteiger partial charge in [0.05, 0.1) is 0 Å². The average Bonchev–Trinajstić information content (AvgIpc) is 2.95. The smallest absolute Gasteiger partial charge is 0.255 e. The molecule has 0 unspecified atom stereocenters. The van der Waals surface area contributed by atoms with Crippen molar-refractivity contribution < 1.29 is 4.79 Å². The summed E-state index contributed by atoms with van der Waals surface area (Å²) >= 11 is 0. The van der Waals surface area contributed by atoms with Gasteiger partial charge in [-0.05, 0) is 53.9 Å². The molecule has 0 spiro atoms. The Balaban J connectivity index is 1.28. The standard InChI is InChI=1S/C30H27N7O/c1-2-26-34-29(33-25-15-13-22(14-16-25)19-21-9-5-3-6-10-21)37-30(35-26)36-27-20-23(17-18-31-27)28(38)32-24-11-7-4-8-12-24/h3-18,20H,2,19H2,1H3,(H,32,38)(H2,31,33,34,35,36,37). The first-order valence-corrected chi connectivity index (χ1v) is 12.4. The Labute approximate surface area is 221 Å². The van der Waals surface area contributed by atoms with Gasteiger partial charge in [-0.3, -0.25) is 4.79 Å². The topological polar surface area (TPSA) is 105 Å². The molecule has 5 rings (SSSR count). The number of carbonyl (C=O) groups excluding carboxylic acids is 1. The summed E-state index contributed by atoms with van der Waals surface area (Å²) in [7, 11) is 0. The molecule has 0 atom stereocenters. The molecule has 0 saturated heterocycles. The normalized spacial score (nSPS) is 10.6. The van der Waals surface area contributed by atoms with Gasteiger partial charge in [0.15, 0.2) is 0 Å². The molecule has 3 aromatic carbocycles. The molecular formula is C30H27N7O. The number of hydrogen-bond donors (Lipinski definition) is 3. The van der Waals surface area contributed by atoms with Crippen LogP contribution >= 0.6 is 0 Å². The summed E-state index contributed by atoms with van der Waals surface area (Å²) in [6.07, 6.45) is 3.07. The zero-order valence-corrected chi connectivity index (χ0v) is 20.9. The molecule has 2 aromatic heterocycles. The number of amides is 1. The highest BCUT2D eigenvalue weighted by atomic mass is 16.1. The number of pyridine rings is 1. The molecule has 0 bridgehead atoms. The molecule has 8 nitrogen and oxygen atoms in total. The van der Waals surface area contributed by atoms with Gasteiger partial charge < -0.3 is 16.0 Å². The number of anilines is 5. The van der Waals surface area contributed by atoms with Crippen molar-refractivity contribution in [3.8, 4) is 0 Å². The second-order valence-corrected chi connectivity index (χ2v) is 8.61. The van der Waals surface area contributed by atoms with Gasteiger partial charge in [-0.1, -0.05) is 67.6 Å². The van der Waals surface area contributed by atoms with Gasteiger partial charge in [-0.25, -0.2) is 4.98 Å². The third kappa shape index (κ3) is 6.55. The third-order valence-corrected chi connectivity index (χ3v) is 5.75. The van der Waals surface area contributed by atoms with Crippen molar-refractivity contribution in [3.63, 3.8) is 0 Å². The molecule has 0 aliphatic carbocycles. The minimum absolute atomic E-state index is 0.232. The highest BCUT2D eigenvalue weighted by Crippen LogP contribution is 2.19. The number of hydrogen-bond acceptors (Lipinski definition) is 7. The summed E-state index contributed by atoms with van der Waals surface area (Å²) in [6, 6.07) is 31.2. The molecule has 5 aromatic rings. The van der Waals surface area contributed by atoms with Crippen LogP contribution in [0, 0.1) is 0 Å². The number of nitrogens with zero attached hydrogens (tertiary/aromatic N) is 4. The van der Waals surface area contributed by atoms with Crippen LogP contribution in [0.5, 0.6) is 0 Å². The SMILES string of the molecule is CCc1nc(Nc2ccc(Cc3ccccc3)cc2)nc(Nc2cc(C(=O)Nc3ccccc3)ccn2)n1. The van der Waals surface area contributed by atoms with E-state index in [1.54, 1.807) is 18.3 Å². The van der Waals surface area contributed by atoms with E-state index in [0.717, 1.165) is 17.8 Å². The number of para-hydroxylation sites is 1. The molecule has 0 saturated carbocycles. The van der Waals surface area contributed by atoms with Gasteiger partial charge in [-0.2, -0.15) is 15.0 Å². The first-order valence-electron chi connectivity index (χ1n) is 12.4. The van der Waals surface area contributed by atoms with Crippen LogP contribution in [0.15, 0.2) is 103 Å². The fourth-order valence-electron chi connectivity index (χ4n) is 3.84. The second-order valence-electron chi connectivity index (χ2n) is 8.61. The van der Waals surface area contributed by atoms with E-state index in [9.17, 15) is 4.79 Å². The van der Waals surface area contributed by atoms with E-state index >= 15 is 0 Å². The van der Waals surface area contributed by atoms with E-state index in [1.807, 2.05) is 67.6 Å². The highest BCUT2D eigenvalue weighted by molar-refractivity contribution is 6.04. The first kappa shape index (κ1) is 24.6. The van der Waals surface area contributed by atoms with Crippen molar-refractivity contribution in [2.45, 2.75) is 19.8 Å². The lowest BCUT2D eigenvalue weighted by Gasteiger charge is -2.11. The quantitative estimate of drug-likeness (QED) is 0.222. The van der Waals surface area contributed by atoms with Crippen LogP contribution in [0.2, 0.25) is 0 Å². The van der Waals surface area contributed by atoms with E-state index in [0.29, 0.717) is 35.5 Å². The lowest BCUT2D eigenvalue weighted by Crippen LogP contribution is -2.12. The van der Waals surface area contributed by atoms with Crippen molar-refractivity contribution in [3.05, 3.63) is 126 Å². The molecule has 38 heavy (non-hydrogen) atoms. The summed E-state index contributed by atoms with van der Waals surface area (Å²) in [6.45, 7) is 1.98. The Morgan fingerprint density at radius 3 is 2.08 bits per heavy atom. The molecule has 3 N–H and O–H groups in total. The van der Waals surface area contributed by atoms with Gasteiger partial charge in [0.1, 0.15) is 11.6 Å². The van der Waals surface area contributed by atoms with Gasteiger partial charge in [0.2, 0.25) is 11.9 Å². The summed E-state index contributed by atoms with van der Waals surface area (Å²) < 4.78 is 0. The number of nitrogens with one attached hydrogen (secondary N) is 3. The zero-order valence-electron chi connectivity index (χ0n) is 20.9. The average molecular weight is 502 g/mol. The highest BCUT2D eigenvalue weighted by Gasteiger charge is 2.11. The van der Waals surface area contributed by atoms with Crippen LogP contribution < -0.4 is 16.0 Å². The lowest BCUT2D eigenvalue weighted by molar-refractivity contribution is 0.102. The maximum absolute atomic E-state index is 12.7. The molecular weight excluding hydrogens is 474 g/mol. The van der Waals surface area contributed by atoms with Crippen molar-refractivity contribution in [2.75, 3.05) is 16.0 Å². The van der Waals surface area contributed by atoms with Gasteiger partial charge in [0, 0.05) is 29.6 Å². The lowest BCUT2D eigenvalue weighted by atomic mass is 10.1. The summed E-state index contributed by atoms with van der Waals surface area (Å²) in [5.41, 5.74) is 4.54. The minimum atomic E-state index is -0.232. The van der Waals surface area contributed by atoms with Crippen molar-refractivity contribution in [1.82, 2.24) is 19.9 Å². The van der Waals surface area contributed by atoms with Crippen LogP contribution in [-0.4, -0.2) is 25.8 Å². The summed E-state index contributed by atoms with van der Waals surface area (Å²) in [5.74, 6) is 1.62. The Morgan fingerprint density at radius 1 is 0.711 bits per heavy atom. The molecule has 0 aliphatic rings. The van der Waals surface area contributed by atoms with Gasteiger partial charge in [0.25, 0.3) is 5.91 Å². The Bertz CT molecular complexity index is 1510. The molecule has 0 aliphatic heterocycles. The van der Waals surface area contributed by atoms with Crippen molar-refractivity contribution in [1.29, 1.82) is 0 Å². The van der Waals surface area contributed by atoms with E-state index in [4.69, 9.17) is 0 Å². The fourth-order valence-corrected chi connectivity index (χ4v) is 3.84. The first-order chi connectivity index (χ1) is 18.6. The number of rotatable bonds is 9. The molecule has 2 heterocycles. The van der Waals surface area contributed by atoms with Crippen LogP contribution in [-0.2, 0) is 12.8 Å². The molecule has 0 fully saturated rings. The number of aromatic nitrogens is 4. The van der Waals surface area contributed by atoms with E-state index in [1.165, 1.54) is 11.1 Å². The van der Waals surface area contributed by atoms with Gasteiger partial charge >= 0.3 is 0 Å². The van der Waals surface area contributed by atoms with Crippen LogP contribution in [0.1, 0.15) is 34.2 Å². The second kappa shape index (κ2) is 11.7. The largest absolute Gasteiger partial charge is 0.324 e. The predicted octanol–water partition coefficient (Wildman–Crippen LogP) is 6.16. The number of benzene rings is 3. The van der Waals surface area contributed by atoms with Crippen LogP contribution in [0.4, 0.5) is 29.1 Å². The molecule has 1 amide bonds. The van der Waals surface area contributed by atoms with Crippen LogP contribution in [0.25, 0.3) is 0 Å². The van der Waals surface area contributed by atoms with E-state index in [-0.39, 0.29) is 5.91 Å². The van der Waals surface area contributed by atoms with Crippen LogP contribution in [0.3, 0.4) is 0 Å². The molecule has 188 valence electrons. The fraction of sp³-hybridized carbons (Fsp3) is 0.100. The van der Waals surface area contributed by atoms with E-state index in [2.05, 4.69) is 60.2 Å². The van der Waals surface area contributed by atoms with Crippen molar-refractivity contribution >= 4 is 35.0 Å². The maximum atomic E-state index is 12.7. The Kier molecular flexibility index (Phi) is 7.60. The Hall–Kier alpha value is -5.11. The molecule has 0 radical (unpaired) electrons. The minimum Gasteiger partial charge on any atom is -0.324 e.